The quantitative estimate of drug-likeness (QED) is 0.744. The van der Waals surface area contributed by atoms with Crippen LogP contribution in [0.5, 0.6) is 0 Å². The number of nitrogens with one attached hydrogen (secondary N) is 1. The van der Waals surface area contributed by atoms with E-state index in [4.69, 9.17) is 0 Å². The summed E-state index contributed by atoms with van der Waals surface area (Å²) in [7, 11) is 1.97. The van der Waals surface area contributed by atoms with E-state index in [1.165, 1.54) is 6.42 Å². The third-order valence-electron chi connectivity index (χ3n) is 2.83. The van der Waals surface area contributed by atoms with Crippen LogP contribution in [0.4, 0.5) is 0 Å². The van der Waals surface area contributed by atoms with Gasteiger partial charge in [0.05, 0.1) is 6.54 Å². The normalized spacial score (nSPS) is 24.7. The van der Waals surface area contributed by atoms with Crippen LogP contribution in [0, 0.1) is 5.41 Å². The van der Waals surface area contributed by atoms with Crippen molar-refractivity contribution < 1.29 is 0 Å². The summed E-state index contributed by atoms with van der Waals surface area (Å²) >= 11 is 0. The molecule has 1 aliphatic rings. The predicted molar refractivity (Wildman–Crippen MR) is 50.0 cm³/mol. The summed E-state index contributed by atoms with van der Waals surface area (Å²) in [5.41, 5.74) is 0.485. The number of hydrogen-bond donors (Lipinski definition) is 1. The van der Waals surface area contributed by atoms with E-state index in [-0.39, 0.29) is 0 Å². The highest BCUT2D eigenvalue weighted by molar-refractivity contribution is 5.02. The van der Waals surface area contributed by atoms with E-state index >= 15 is 0 Å². The third-order valence-corrected chi connectivity index (χ3v) is 2.83. The van der Waals surface area contributed by atoms with Gasteiger partial charge in [-0.15, -0.1) is 10.2 Å². The van der Waals surface area contributed by atoms with Crippen molar-refractivity contribution in [2.75, 3.05) is 0 Å². The van der Waals surface area contributed by atoms with Crippen LogP contribution < -0.4 is 5.32 Å². The molecule has 1 heterocycles. The van der Waals surface area contributed by atoms with E-state index in [1.54, 1.807) is 6.33 Å². The summed E-state index contributed by atoms with van der Waals surface area (Å²) in [6.07, 6.45) is 3.00. The minimum Gasteiger partial charge on any atom is -0.320 e. The van der Waals surface area contributed by atoms with Crippen LogP contribution in [0.15, 0.2) is 6.33 Å². The maximum Gasteiger partial charge on any atom is 0.146 e. The van der Waals surface area contributed by atoms with Gasteiger partial charge in [-0.1, -0.05) is 13.8 Å². The second-order valence-corrected chi connectivity index (χ2v) is 4.48. The first-order valence-corrected chi connectivity index (χ1v) is 4.66. The topological polar surface area (TPSA) is 42.7 Å². The van der Waals surface area contributed by atoms with Gasteiger partial charge < -0.3 is 9.88 Å². The number of aromatic nitrogens is 3. The van der Waals surface area contributed by atoms with Gasteiger partial charge in [0.2, 0.25) is 0 Å². The average Bonchev–Trinajstić information content (AvgIpc) is 2.47. The fraction of sp³-hybridized carbons (Fsp3) is 0.778. The summed E-state index contributed by atoms with van der Waals surface area (Å²) in [5.74, 6) is 1.00. The monoisotopic (exact) mass is 180 g/mol. The Morgan fingerprint density at radius 1 is 1.69 bits per heavy atom. The molecule has 1 unspecified atom stereocenters. The van der Waals surface area contributed by atoms with Crippen LogP contribution in [0.3, 0.4) is 0 Å². The first-order chi connectivity index (χ1) is 6.09. The predicted octanol–water partition coefficient (Wildman–Crippen LogP) is 0.703. The lowest BCUT2D eigenvalue weighted by Crippen LogP contribution is -2.21. The molecule has 0 spiro atoms. The highest BCUT2D eigenvalue weighted by atomic mass is 15.3. The lowest BCUT2D eigenvalue weighted by Gasteiger charge is -2.05. The largest absolute Gasteiger partial charge is 0.320 e. The third kappa shape index (κ3) is 1.72. The van der Waals surface area contributed by atoms with Gasteiger partial charge in [0.1, 0.15) is 12.2 Å². The molecule has 0 radical (unpaired) electrons. The van der Waals surface area contributed by atoms with Crippen LogP contribution in [0.25, 0.3) is 0 Å². The molecule has 1 saturated carbocycles. The number of aryl methyl sites for hydroxylation is 1. The van der Waals surface area contributed by atoms with Crippen molar-refractivity contribution in [2.24, 2.45) is 12.5 Å². The second kappa shape index (κ2) is 2.80. The SMILES string of the molecule is Cn1cnnc1CNC1CC1(C)C. The average molecular weight is 180 g/mol. The molecule has 2 rings (SSSR count). The standard InChI is InChI=1S/C9H16N4/c1-9(2)4-7(9)10-5-8-12-11-6-13(8)3/h6-7,10H,4-5H2,1-3H3. The number of rotatable bonds is 3. The second-order valence-electron chi connectivity index (χ2n) is 4.48. The Morgan fingerprint density at radius 3 is 2.85 bits per heavy atom. The first kappa shape index (κ1) is 8.69. The van der Waals surface area contributed by atoms with E-state index < -0.39 is 0 Å². The van der Waals surface area contributed by atoms with Gasteiger partial charge in [-0.2, -0.15) is 0 Å². The smallest absolute Gasteiger partial charge is 0.146 e. The number of hydrogen-bond acceptors (Lipinski definition) is 3. The molecular formula is C9H16N4. The fourth-order valence-corrected chi connectivity index (χ4v) is 1.50. The molecular weight excluding hydrogens is 164 g/mol. The maximum atomic E-state index is 4.01. The van der Waals surface area contributed by atoms with E-state index in [0.717, 1.165) is 12.4 Å². The molecule has 0 aromatic carbocycles. The van der Waals surface area contributed by atoms with Crippen molar-refractivity contribution in [1.82, 2.24) is 20.1 Å². The van der Waals surface area contributed by atoms with Gasteiger partial charge in [0.25, 0.3) is 0 Å². The highest BCUT2D eigenvalue weighted by Crippen LogP contribution is 2.44. The Kier molecular flexibility index (Phi) is 1.87. The molecule has 4 heteroatoms. The van der Waals surface area contributed by atoms with Gasteiger partial charge in [-0.3, -0.25) is 0 Å². The van der Waals surface area contributed by atoms with Crippen LogP contribution in [-0.4, -0.2) is 20.8 Å². The molecule has 1 aliphatic carbocycles. The molecule has 1 fully saturated rings. The van der Waals surface area contributed by atoms with Crippen molar-refractivity contribution in [2.45, 2.75) is 32.9 Å². The van der Waals surface area contributed by atoms with E-state index in [9.17, 15) is 0 Å². The van der Waals surface area contributed by atoms with Gasteiger partial charge >= 0.3 is 0 Å². The van der Waals surface area contributed by atoms with Crippen LogP contribution in [0.1, 0.15) is 26.1 Å². The van der Waals surface area contributed by atoms with Crippen molar-refractivity contribution >= 4 is 0 Å². The van der Waals surface area contributed by atoms with Crippen LogP contribution in [-0.2, 0) is 13.6 Å². The van der Waals surface area contributed by atoms with Crippen molar-refractivity contribution in [3.8, 4) is 0 Å². The minimum atomic E-state index is 0.485. The van der Waals surface area contributed by atoms with Gasteiger partial charge in [0, 0.05) is 13.1 Å². The van der Waals surface area contributed by atoms with Gasteiger partial charge in [-0.05, 0) is 11.8 Å². The maximum absolute atomic E-state index is 4.01. The Hall–Kier alpha value is -0.900. The molecule has 4 nitrogen and oxygen atoms in total. The summed E-state index contributed by atoms with van der Waals surface area (Å²) in [4.78, 5) is 0. The fourth-order valence-electron chi connectivity index (χ4n) is 1.50. The van der Waals surface area contributed by atoms with Crippen molar-refractivity contribution in [3.63, 3.8) is 0 Å². The van der Waals surface area contributed by atoms with Crippen molar-refractivity contribution in [1.29, 1.82) is 0 Å². The Morgan fingerprint density at radius 2 is 2.38 bits per heavy atom. The molecule has 1 N–H and O–H groups in total. The van der Waals surface area contributed by atoms with Crippen molar-refractivity contribution in [3.05, 3.63) is 12.2 Å². The zero-order chi connectivity index (χ0) is 9.47. The molecule has 1 atom stereocenters. The van der Waals surface area contributed by atoms with Gasteiger partial charge in [0.15, 0.2) is 0 Å². The molecule has 0 amide bonds. The highest BCUT2D eigenvalue weighted by Gasteiger charge is 2.45. The molecule has 1 aromatic rings. The number of nitrogens with zero attached hydrogens (tertiary/aromatic N) is 3. The Labute approximate surface area is 78.4 Å². The summed E-state index contributed by atoms with van der Waals surface area (Å²) in [6, 6.07) is 0.657. The molecule has 0 saturated heterocycles. The van der Waals surface area contributed by atoms with E-state index in [0.29, 0.717) is 11.5 Å². The lowest BCUT2D eigenvalue weighted by atomic mass is 10.2. The van der Waals surface area contributed by atoms with Crippen LogP contribution in [0.2, 0.25) is 0 Å². The first-order valence-electron chi connectivity index (χ1n) is 4.66. The molecule has 13 heavy (non-hydrogen) atoms. The minimum absolute atomic E-state index is 0.485. The molecule has 72 valence electrons. The molecule has 0 bridgehead atoms. The zero-order valence-corrected chi connectivity index (χ0v) is 8.41. The Balaban J connectivity index is 1.85. The Bertz CT molecular complexity index is 302. The van der Waals surface area contributed by atoms with E-state index in [1.807, 2.05) is 11.6 Å². The summed E-state index contributed by atoms with van der Waals surface area (Å²) < 4.78 is 1.95. The lowest BCUT2D eigenvalue weighted by molar-refractivity contribution is 0.528. The molecule has 1 aromatic heterocycles. The summed E-state index contributed by atoms with van der Waals surface area (Å²) in [5, 5.41) is 11.3. The van der Waals surface area contributed by atoms with E-state index in [2.05, 4.69) is 29.4 Å². The van der Waals surface area contributed by atoms with Crippen LogP contribution >= 0.6 is 0 Å². The molecule has 0 aliphatic heterocycles. The zero-order valence-electron chi connectivity index (χ0n) is 8.41. The van der Waals surface area contributed by atoms with Gasteiger partial charge in [-0.25, -0.2) is 0 Å². The summed E-state index contributed by atoms with van der Waals surface area (Å²) in [6.45, 7) is 5.38.